The van der Waals surface area contributed by atoms with Crippen molar-refractivity contribution in [3.63, 3.8) is 0 Å². The SMILES string of the molecule is COc1cc(C=CC(=O)N(CCN(C)C)c2nc3ccc(SC)cc3s2)cc(OC)c1OC. The fourth-order valence-corrected chi connectivity index (χ4v) is 4.74. The van der Waals surface area contributed by atoms with Gasteiger partial charge in [0.2, 0.25) is 5.75 Å². The Bertz CT molecular complexity index is 1120. The molecule has 1 heterocycles. The smallest absolute Gasteiger partial charge is 0.252 e. The van der Waals surface area contributed by atoms with E-state index in [2.05, 4.69) is 6.07 Å². The number of aromatic nitrogens is 1. The molecule has 0 fully saturated rings. The summed E-state index contributed by atoms with van der Waals surface area (Å²) in [5, 5.41) is 0.685. The average molecular weight is 488 g/mol. The third-order valence-corrected chi connectivity index (χ3v) is 6.72. The first-order chi connectivity index (χ1) is 15.9. The van der Waals surface area contributed by atoms with Crippen molar-refractivity contribution in [3.8, 4) is 17.2 Å². The van der Waals surface area contributed by atoms with Crippen molar-refractivity contribution in [2.45, 2.75) is 4.90 Å². The Morgan fingerprint density at radius 1 is 1.06 bits per heavy atom. The molecule has 0 saturated heterocycles. The van der Waals surface area contributed by atoms with Crippen LogP contribution < -0.4 is 19.1 Å². The highest BCUT2D eigenvalue weighted by molar-refractivity contribution is 7.98. The van der Waals surface area contributed by atoms with Gasteiger partial charge in [0.05, 0.1) is 31.5 Å². The molecule has 0 atom stereocenters. The molecule has 7 nitrogen and oxygen atoms in total. The molecule has 1 amide bonds. The topological polar surface area (TPSA) is 64.1 Å². The third-order valence-electron chi connectivity index (χ3n) is 4.96. The second-order valence-corrected chi connectivity index (χ2v) is 9.30. The number of ether oxygens (including phenoxy) is 3. The number of thioether (sulfide) groups is 1. The quantitative estimate of drug-likeness (QED) is 0.305. The Labute approximate surface area is 202 Å². The fraction of sp³-hybridized carbons (Fsp3) is 0.333. The van der Waals surface area contributed by atoms with Crippen LogP contribution in [0.4, 0.5) is 5.13 Å². The van der Waals surface area contributed by atoms with Crippen LogP contribution in [0.5, 0.6) is 17.2 Å². The van der Waals surface area contributed by atoms with Gasteiger partial charge in [-0.1, -0.05) is 11.3 Å². The summed E-state index contributed by atoms with van der Waals surface area (Å²) in [6.07, 6.45) is 5.34. The highest BCUT2D eigenvalue weighted by atomic mass is 32.2. The van der Waals surface area contributed by atoms with Crippen molar-refractivity contribution < 1.29 is 19.0 Å². The summed E-state index contributed by atoms with van der Waals surface area (Å²) in [5.41, 5.74) is 1.66. The van der Waals surface area contributed by atoms with Crippen molar-refractivity contribution in [2.75, 3.05) is 59.7 Å². The summed E-state index contributed by atoms with van der Waals surface area (Å²) < 4.78 is 17.3. The predicted molar refractivity (Wildman–Crippen MR) is 137 cm³/mol. The highest BCUT2D eigenvalue weighted by Crippen LogP contribution is 2.38. The number of carbonyl (C=O) groups excluding carboxylic acids is 1. The molecular formula is C24H29N3O4S2. The highest BCUT2D eigenvalue weighted by Gasteiger charge is 2.19. The normalized spacial score (nSPS) is 11.4. The molecule has 0 saturated carbocycles. The Balaban J connectivity index is 1.92. The number of hydrogen-bond acceptors (Lipinski definition) is 8. The molecule has 0 radical (unpaired) electrons. The number of likely N-dealkylation sites (N-methyl/N-ethyl adjacent to an activating group) is 1. The largest absolute Gasteiger partial charge is 0.493 e. The Morgan fingerprint density at radius 3 is 2.33 bits per heavy atom. The lowest BCUT2D eigenvalue weighted by molar-refractivity contribution is -0.114. The van der Waals surface area contributed by atoms with Gasteiger partial charge >= 0.3 is 0 Å². The van der Waals surface area contributed by atoms with Crippen LogP contribution >= 0.6 is 23.1 Å². The molecule has 3 aromatic rings. The van der Waals surface area contributed by atoms with Crippen molar-refractivity contribution in [1.29, 1.82) is 0 Å². The lowest BCUT2D eigenvalue weighted by Crippen LogP contribution is -2.35. The van der Waals surface area contributed by atoms with Crippen LogP contribution in [0, 0.1) is 0 Å². The second-order valence-electron chi connectivity index (χ2n) is 7.42. The molecule has 33 heavy (non-hydrogen) atoms. The number of fused-ring (bicyclic) bond motifs is 1. The van der Waals surface area contributed by atoms with E-state index in [0.717, 1.165) is 22.3 Å². The number of rotatable bonds is 10. The van der Waals surface area contributed by atoms with E-state index in [-0.39, 0.29) is 5.91 Å². The maximum absolute atomic E-state index is 13.3. The number of nitrogens with zero attached hydrogens (tertiary/aromatic N) is 3. The molecule has 0 aliphatic carbocycles. The van der Waals surface area contributed by atoms with Gasteiger partial charge in [-0.15, -0.1) is 11.8 Å². The summed E-state index contributed by atoms with van der Waals surface area (Å²) in [6.45, 7) is 1.25. The lowest BCUT2D eigenvalue weighted by Gasteiger charge is -2.20. The first kappa shape index (κ1) is 24.9. The number of carbonyl (C=O) groups is 1. The van der Waals surface area contributed by atoms with Crippen LogP contribution in [0.1, 0.15) is 5.56 Å². The van der Waals surface area contributed by atoms with E-state index in [4.69, 9.17) is 19.2 Å². The monoisotopic (exact) mass is 487 g/mol. The molecule has 0 aliphatic rings. The molecule has 3 rings (SSSR count). The minimum absolute atomic E-state index is 0.144. The zero-order chi connectivity index (χ0) is 24.0. The van der Waals surface area contributed by atoms with Gasteiger partial charge in [-0.3, -0.25) is 9.69 Å². The summed E-state index contributed by atoms with van der Waals surface area (Å²) >= 11 is 3.21. The fourth-order valence-electron chi connectivity index (χ4n) is 3.19. The predicted octanol–water partition coefficient (Wildman–Crippen LogP) is 4.65. The van der Waals surface area contributed by atoms with Gasteiger partial charge in [0.25, 0.3) is 5.91 Å². The Hall–Kier alpha value is -2.75. The molecule has 0 spiro atoms. The average Bonchev–Trinajstić information content (AvgIpc) is 3.24. The lowest BCUT2D eigenvalue weighted by atomic mass is 10.1. The van der Waals surface area contributed by atoms with Gasteiger partial charge in [0.1, 0.15) is 0 Å². The molecule has 0 unspecified atom stereocenters. The van der Waals surface area contributed by atoms with Crippen molar-refractivity contribution in [3.05, 3.63) is 42.0 Å². The maximum atomic E-state index is 13.3. The Kier molecular flexibility index (Phi) is 8.60. The molecule has 0 aliphatic heterocycles. The van der Waals surface area contributed by atoms with Crippen LogP contribution in [0.2, 0.25) is 0 Å². The molecule has 0 bridgehead atoms. The Morgan fingerprint density at radius 2 is 1.76 bits per heavy atom. The molecule has 1 aromatic heterocycles. The number of anilines is 1. The molecule has 2 aromatic carbocycles. The van der Waals surface area contributed by atoms with Crippen LogP contribution in [-0.4, -0.2) is 70.6 Å². The molecular weight excluding hydrogens is 458 g/mol. The van der Waals surface area contributed by atoms with E-state index in [9.17, 15) is 4.79 Å². The summed E-state index contributed by atoms with van der Waals surface area (Å²) in [7, 11) is 8.65. The van der Waals surface area contributed by atoms with Gasteiger partial charge in [-0.05, 0) is 62.3 Å². The summed E-state index contributed by atoms with van der Waals surface area (Å²) in [5.74, 6) is 1.43. The minimum Gasteiger partial charge on any atom is -0.493 e. The summed E-state index contributed by atoms with van der Waals surface area (Å²) in [6, 6.07) is 9.77. The van der Waals surface area contributed by atoms with E-state index < -0.39 is 0 Å². The van der Waals surface area contributed by atoms with Crippen LogP contribution in [-0.2, 0) is 4.79 Å². The number of thiazole rings is 1. The zero-order valence-corrected chi connectivity index (χ0v) is 21.4. The number of benzene rings is 2. The number of hydrogen-bond donors (Lipinski definition) is 0. The molecule has 0 N–H and O–H groups in total. The van der Waals surface area contributed by atoms with Crippen molar-refractivity contribution in [2.24, 2.45) is 0 Å². The third kappa shape index (κ3) is 5.98. The number of amides is 1. The van der Waals surface area contributed by atoms with Crippen LogP contribution in [0.15, 0.2) is 41.3 Å². The van der Waals surface area contributed by atoms with Gasteiger partial charge in [-0.2, -0.15) is 0 Å². The van der Waals surface area contributed by atoms with Crippen molar-refractivity contribution >= 4 is 50.4 Å². The maximum Gasteiger partial charge on any atom is 0.252 e. The molecule has 176 valence electrons. The van der Waals surface area contributed by atoms with E-state index in [0.29, 0.717) is 28.9 Å². The van der Waals surface area contributed by atoms with E-state index in [1.807, 2.05) is 37.4 Å². The van der Waals surface area contributed by atoms with Gasteiger partial charge in [0.15, 0.2) is 16.6 Å². The standard InChI is InChI=1S/C24H29N3O4S2/c1-26(2)11-12-27(24-25-18-9-8-17(32-6)15-21(18)33-24)22(28)10-7-16-13-19(29-3)23(31-5)20(14-16)30-4/h7-10,13-15H,11-12H2,1-6H3. The van der Waals surface area contributed by atoms with Crippen LogP contribution in [0.3, 0.4) is 0 Å². The van der Waals surface area contributed by atoms with E-state index in [1.54, 1.807) is 62.3 Å². The molecule has 9 heteroatoms. The van der Waals surface area contributed by atoms with E-state index >= 15 is 0 Å². The van der Waals surface area contributed by atoms with Crippen LogP contribution in [0.25, 0.3) is 16.3 Å². The van der Waals surface area contributed by atoms with Gasteiger partial charge in [-0.25, -0.2) is 4.98 Å². The minimum atomic E-state index is -0.144. The van der Waals surface area contributed by atoms with E-state index in [1.165, 1.54) is 16.2 Å². The van der Waals surface area contributed by atoms with Crippen molar-refractivity contribution in [1.82, 2.24) is 9.88 Å². The first-order valence-electron chi connectivity index (χ1n) is 10.3. The summed E-state index contributed by atoms with van der Waals surface area (Å²) in [4.78, 5) is 22.9. The number of methoxy groups -OCH3 is 3. The second kappa shape index (κ2) is 11.4. The first-order valence-corrected chi connectivity index (χ1v) is 12.3. The van der Waals surface area contributed by atoms with Gasteiger partial charge < -0.3 is 19.1 Å². The van der Waals surface area contributed by atoms with Gasteiger partial charge in [0, 0.05) is 24.1 Å². The zero-order valence-electron chi connectivity index (χ0n) is 19.7.